The summed E-state index contributed by atoms with van der Waals surface area (Å²) < 4.78 is 0. The summed E-state index contributed by atoms with van der Waals surface area (Å²) in [6.07, 6.45) is 0. The van der Waals surface area contributed by atoms with Crippen LogP contribution in [-0.4, -0.2) is 0 Å². The number of rotatable bonds is 1. The molecule has 0 fully saturated rings. The molecular weight excluding hydrogens is 420 g/mol. The first-order valence-electron chi connectivity index (χ1n) is 12.4. The lowest BCUT2D eigenvalue weighted by Crippen LogP contribution is -2.15. The van der Waals surface area contributed by atoms with Gasteiger partial charge in [0.1, 0.15) is 0 Å². The highest BCUT2D eigenvalue weighted by Gasteiger charge is 2.37. The zero-order valence-electron chi connectivity index (χ0n) is 19.9. The Hall–Kier alpha value is -4.16. The number of benzene rings is 7. The minimum absolute atomic E-state index is 0.0536. The van der Waals surface area contributed by atoms with Crippen LogP contribution in [0.4, 0.5) is 0 Å². The van der Waals surface area contributed by atoms with Crippen molar-refractivity contribution in [3.63, 3.8) is 0 Å². The summed E-state index contributed by atoms with van der Waals surface area (Å²) in [5.74, 6) is 0. The normalized spacial score (nSPS) is 14.2. The summed E-state index contributed by atoms with van der Waals surface area (Å²) >= 11 is 0. The van der Waals surface area contributed by atoms with Gasteiger partial charge in [0.2, 0.25) is 0 Å². The molecule has 0 aliphatic heterocycles. The molecule has 0 atom stereocenters. The predicted molar refractivity (Wildman–Crippen MR) is 151 cm³/mol. The minimum Gasteiger partial charge on any atom is -0.0616 e. The summed E-state index contributed by atoms with van der Waals surface area (Å²) in [7, 11) is 0. The Balaban J connectivity index is 1.41. The Morgan fingerprint density at radius 1 is 0.457 bits per heavy atom. The largest absolute Gasteiger partial charge is 0.0616 e. The van der Waals surface area contributed by atoms with Crippen LogP contribution in [0.25, 0.3) is 65.3 Å². The van der Waals surface area contributed by atoms with Gasteiger partial charge in [0.05, 0.1) is 0 Å². The second-order valence-electron chi connectivity index (χ2n) is 10.6. The van der Waals surface area contributed by atoms with Crippen LogP contribution in [0.3, 0.4) is 0 Å². The summed E-state index contributed by atoms with van der Waals surface area (Å²) in [5.41, 5.74) is 8.18. The zero-order chi connectivity index (χ0) is 23.3. The van der Waals surface area contributed by atoms with Gasteiger partial charge < -0.3 is 0 Å². The van der Waals surface area contributed by atoms with Crippen molar-refractivity contribution in [2.75, 3.05) is 0 Å². The summed E-state index contributed by atoms with van der Waals surface area (Å²) in [6.45, 7) is 4.78. The van der Waals surface area contributed by atoms with E-state index in [1.807, 2.05) is 0 Å². The molecule has 0 saturated carbocycles. The molecule has 0 heteroatoms. The number of fused-ring (bicyclic) bond motifs is 5. The summed E-state index contributed by atoms with van der Waals surface area (Å²) in [4.78, 5) is 0. The summed E-state index contributed by atoms with van der Waals surface area (Å²) in [6, 6.07) is 40.9. The van der Waals surface area contributed by atoms with Gasteiger partial charge in [-0.15, -0.1) is 0 Å². The zero-order valence-corrected chi connectivity index (χ0v) is 19.9. The van der Waals surface area contributed by atoms with E-state index in [9.17, 15) is 0 Å². The first kappa shape index (κ1) is 19.2. The second-order valence-corrected chi connectivity index (χ2v) is 10.6. The maximum Gasteiger partial charge on any atom is 0.0159 e. The van der Waals surface area contributed by atoms with E-state index in [0.29, 0.717) is 0 Å². The fourth-order valence-electron chi connectivity index (χ4n) is 6.57. The lowest BCUT2D eigenvalue weighted by molar-refractivity contribution is 0.661. The van der Waals surface area contributed by atoms with E-state index in [0.717, 1.165) is 0 Å². The molecule has 164 valence electrons. The van der Waals surface area contributed by atoms with E-state index < -0.39 is 0 Å². The van der Waals surface area contributed by atoms with E-state index in [4.69, 9.17) is 0 Å². The molecule has 0 saturated heterocycles. The molecule has 35 heavy (non-hydrogen) atoms. The molecule has 8 rings (SSSR count). The van der Waals surface area contributed by atoms with Crippen molar-refractivity contribution in [1.82, 2.24) is 0 Å². The van der Waals surface area contributed by atoms with Crippen LogP contribution in [0.5, 0.6) is 0 Å². The van der Waals surface area contributed by atoms with Crippen molar-refractivity contribution in [3.8, 4) is 22.3 Å². The van der Waals surface area contributed by atoms with Gasteiger partial charge in [-0.2, -0.15) is 0 Å². The van der Waals surface area contributed by atoms with Crippen LogP contribution in [0.2, 0.25) is 0 Å². The maximum absolute atomic E-state index is 2.46. The summed E-state index contributed by atoms with van der Waals surface area (Å²) in [5, 5.41) is 10.7. The first-order chi connectivity index (χ1) is 17.1. The van der Waals surface area contributed by atoms with Gasteiger partial charge in [-0.25, -0.2) is 0 Å². The van der Waals surface area contributed by atoms with Gasteiger partial charge in [-0.1, -0.05) is 105 Å². The third-order valence-electron chi connectivity index (χ3n) is 8.37. The maximum atomic E-state index is 2.46. The fourth-order valence-corrected chi connectivity index (χ4v) is 6.57. The molecule has 0 bridgehead atoms. The van der Waals surface area contributed by atoms with Gasteiger partial charge in [-0.3, -0.25) is 0 Å². The molecule has 0 nitrogen and oxygen atoms in total. The molecule has 0 heterocycles. The number of hydrogen-bond donors (Lipinski definition) is 0. The second kappa shape index (κ2) is 6.49. The Morgan fingerprint density at radius 3 is 1.97 bits per heavy atom. The van der Waals surface area contributed by atoms with E-state index in [1.165, 1.54) is 76.5 Å². The molecule has 0 radical (unpaired) electrons. The van der Waals surface area contributed by atoms with Crippen molar-refractivity contribution >= 4 is 43.1 Å². The molecule has 0 aromatic heterocycles. The van der Waals surface area contributed by atoms with Gasteiger partial charge in [0, 0.05) is 5.41 Å². The highest BCUT2D eigenvalue weighted by molar-refractivity contribution is 6.26. The van der Waals surface area contributed by atoms with Crippen LogP contribution in [0.1, 0.15) is 25.0 Å². The van der Waals surface area contributed by atoms with Crippen LogP contribution in [-0.2, 0) is 5.41 Å². The molecule has 0 spiro atoms. The minimum atomic E-state index is -0.0536. The SMILES string of the molecule is CC1(C)c2cc(-c3ccc4ccccc4c3)ccc2-c2c1cc1ccc3cccc4ccc2c1c34. The van der Waals surface area contributed by atoms with E-state index in [1.54, 1.807) is 0 Å². The quantitative estimate of drug-likeness (QED) is 0.221. The average molecular weight is 445 g/mol. The van der Waals surface area contributed by atoms with Crippen molar-refractivity contribution in [2.24, 2.45) is 0 Å². The smallest absolute Gasteiger partial charge is 0.0159 e. The van der Waals surface area contributed by atoms with E-state index in [-0.39, 0.29) is 5.41 Å². The molecule has 1 aliphatic rings. The Kier molecular flexibility index (Phi) is 3.56. The highest BCUT2D eigenvalue weighted by atomic mass is 14.4. The third kappa shape index (κ3) is 2.47. The lowest BCUT2D eigenvalue weighted by Gasteiger charge is -2.23. The van der Waals surface area contributed by atoms with Crippen molar-refractivity contribution in [1.29, 1.82) is 0 Å². The lowest BCUT2D eigenvalue weighted by atomic mass is 9.80. The molecular formula is C35H24. The predicted octanol–water partition coefficient (Wildman–Crippen LogP) is 9.71. The Labute approximate surface area is 204 Å². The number of hydrogen-bond acceptors (Lipinski definition) is 0. The first-order valence-corrected chi connectivity index (χ1v) is 12.4. The van der Waals surface area contributed by atoms with E-state index in [2.05, 4.69) is 123 Å². The fraction of sp³-hybridized carbons (Fsp3) is 0.0857. The Bertz CT molecular complexity index is 1950. The molecule has 0 N–H and O–H groups in total. The van der Waals surface area contributed by atoms with Crippen molar-refractivity contribution in [3.05, 3.63) is 120 Å². The van der Waals surface area contributed by atoms with Gasteiger partial charge in [-0.05, 0) is 94.7 Å². The van der Waals surface area contributed by atoms with Crippen LogP contribution < -0.4 is 0 Å². The van der Waals surface area contributed by atoms with E-state index >= 15 is 0 Å². The topological polar surface area (TPSA) is 0 Å². The van der Waals surface area contributed by atoms with Gasteiger partial charge >= 0.3 is 0 Å². The molecule has 1 aliphatic carbocycles. The van der Waals surface area contributed by atoms with Crippen molar-refractivity contribution in [2.45, 2.75) is 19.3 Å². The molecule has 0 amide bonds. The molecule has 0 unspecified atom stereocenters. The van der Waals surface area contributed by atoms with Crippen LogP contribution in [0.15, 0.2) is 109 Å². The Morgan fingerprint density at radius 2 is 1.11 bits per heavy atom. The highest BCUT2D eigenvalue weighted by Crippen LogP contribution is 2.54. The molecule has 7 aromatic carbocycles. The molecule has 7 aromatic rings. The monoisotopic (exact) mass is 444 g/mol. The van der Waals surface area contributed by atoms with Crippen LogP contribution in [0, 0.1) is 0 Å². The van der Waals surface area contributed by atoms with Crippen LogP contribution >= 0.6 is 0 Å². The third-order valence-corrected chi connectivity index (χ3v) is 8.37. The van der Waals surface area contributed by atoms with Gasteiger partial charge in [0.15, 0.2) is 0 Å². The van der Waals surface area contributed by atoms with Crippen molar-refractivity contribution < 1.29 is 0 Å². The van der Waals surface area contributed by atoms with Gasteiger partial charge in [0.25, 0.3) is 0 Å². The standard InChI is InChI=1S/C35H24/c1-35(2)30-19-26(25-12-10-21-6-3-4-7-24(21)18-25)15-16-28(30)34-29-17-14-23-9-5-8-22-11-13-27(20-31(34)35)33(29)32(22)23/h3-20H,1-2H3. The average Bonchev–Trinajstić information content (AvgIpc) is 3.13.